The molecule has 0 amide bonds. The van der Waals surface area contributed by atoms with Gasteiger partial charge in [-0.3, -0.25) is 4.68 Å². The molecule has 0 saturated carbocycles. The van der Waals surface area contributed by atoms with Crippen LogP contribution in [0, 0.1) is 5.92 Å². The second-order valence-corrected chi connectivity index (χ2v) is 5.51. The third-order valence-electron chi connectivity index (χ3n) is 3.62. The van der Waals surface area contributed by atoms with Gasteiger partial charge in [0.05, 0.1) is 12.7 Å². The predicted molar refractivity (Wildman–Crippen MR) is 89.3 cm³/mol. The molecule has 0 fully saturated rings. The van der Waals surface area contributed by atoms with Crippen molar-refractivity contribution in [2.75, 3.05) is 13.1 Å². The van der Waals surface area contributed by atoms with E-state index in [9.17, 15) is 0 Å². The first kappa shape index (κ1) is 17.5. The number of aryl methyl sites for hydroxylation is 1. The van der Waals surface area contributed by atoms with Crippen molar-refractivity contribution >= 4 is 5.96 Å². The minimum Gasteiger partial charge on any atom is -0.357 e. The van der Waals surface area contributed by atoms with E-state index in [0.29, 0.717) is 6.54 Å². The number of hydrogen-bond acceptors (Lipinski definition) is 2. The minimum absolute atomic E-state index is 0.662. The Labute approximate surface area is 129 Å². The van der Waals surface area contributed by atoms with Gasteiger partial charge in [-0.25, -0.2) is 4.99 Å². The fourth-order valence-electron chi connectivity index (χ4n) is 2.25. The van der Waals surface area contributed by atoms with Gasteiger partial charge in [0.1, 0.15) is 0 Å². The first-order valence-corrected chi connectivity index (χ1v) is 8.19. The van der Waals surface area contributed by atoms with Gasteiger partial charge in [-0.05, 0) is 19.3 Å². The van der Waals surface area contributed by atoms with Crippen LogP contribution in [0.2, 0.25) is 0 Å². The molecule has 0 aliphatic heterocycles. The summed E-state index contributed by atoms with van der Waals surface area (Å²) in [4.78, 5) is 4.62. The lowest BCUT2D eigenvalue weighted by atomic mass is 9.99. The molecule has 0 radical (unpaired) electrons. The van der Waals surface area contributed by atoms with Crippen molar-refractivity contribution in [3.05, 3.63) is 18.0 Å². The number of aromatic nitrogens is 2. The molecule has 1 unspecified atom stereocenters. The van der Waals surface area contributed by atoms with Crippen LogP contribution in [0.15, 0.2) is 17.4 Å². The highest BCUT2D eigenvalue weighted by atomic mass is 15.2. The zero-order chi connectivity index (χ0) is 15.5. The molecular formula is C16H31N5. The lowest BCUT2D eigenvalue weighted by molar-refractivity contribution is 0.443. The molecule has 21 heavy (non-hydrogen) atoms. The molecule has 1 rings (SSSR count). The Kier molecular flexibility index (Phi) is 8.55. The van der Waals surface area contributed by atoms with Crippen LogP contribution in [-0.4, -0.2) is 28.8 Å². The van der Waals surface area contributed by atoms with Crippen molar-refractivity contribution in [2.24, 2.45) is 18.0 Å². The number of nitrogens with zero attached hydrogens (tertiary/aromatic N) is 3. The Morgan fingerprint density at radius 1 is 1.33 bits per heavy atom. The monoisotopic (exact) mass is 293 g/mol. The van der Waals surface area contributed by atoms with Crippen molar-refractivity contribution in [1.29, 1.82) is 0 Å². The maximum atomic E-state index is 4.62. The second-order valence-electron chi connectivity index (χ2n) is 5.51. The molecule has 5 heteroatoms. The van der Waals surface area contributed by atoms with Gasteiger partial charge in [0.2, 0.25) is 0 Å². The van der Waals surface area contributed by atoms with Crippen molar-refractivity contribution in [2.45, 2.75) is 53.0 Å². The summed E-state index contributed by atoms with van der Waals surface area (Å²) in [6, 6.07) is 0. The first-order valence-electron chi connectivity index (χ1n) is 8.19. The zero-order valence-electron chi connectivity index (χ0n) is 14.0. The van der Waals surface area contributed by atoms with E-state index in [1.165, 1.54) is 25.7 Å². The summed E-state index contributed by atoms with van der Waals surface area (Å²) in [7, 11) is 1.93. The van der Waals surface area contributed by atoms with Crippen LogP contribution < -0.4 is 10.6 Å². The van der Waals surface area contributed by atoms with Gasteiger partial charge in [-0.15, -0.1) is 0 Å². The molecule has 1 aromatic rings. The quantitative estimate of drug-likeness (QED) is 0.544. The Morgan fingerprint density at radius 3 is 2.71 bits per heavy atom. The first-order chi connectivity index (χ1) is 10.2. The number of aliphatic imine (C=N–C) groups is 1. The number of guanidine groups is 1. The summed E-state index contributed by atoms with van der Waals surface area (Å²) >= 11 is 0. The number of rotatable bonds is 9. The van der Waals surface area contributed by atoms with E-state index in [4.69, 9.17) is 0 Å². The van der Waals surface area contributed by atoms with E-state index in [1.807, 2.05) is 24.1 Å². The molecule has 0 aliphatic rings. The smallest absolute Gasteiger partial charge is 0.191 e. The normalized spacial score (nSPS) is 13.2. The Bertz CT molecular complexity index is 411. The van der Waals surface area contributed by atoms with Crippen molar-refractivity contribution in [1.82, 2.24) is 20.4 Å². The van der Waals surface area contributed by atoms with Crippen LogP contribution in [-0.2, 0) is 13.6 Å². The van der Waals surface area contributed by atoms with Gasteiger partial charge in [0.25, 0.3) is 0 Å². The molecule has 5 nitrogen and oxygen atoms in total. The molecule has 0 aromatic carbocycles. The van der Waals surface area contributed by atoms with Crippen molar-refractivity contribution in [3.63, 3.8) is 0 Å². The third kappa shape index (κ3) is 7.16. The van der Waals surface area contributed by atoms with Crippen LogP contribution in [0.3, 0.4) is 0 Å². The van der Waals surface area contributed by atoms with Crippen LogP contribution in [0.1, 0.15) is 52.0 Å². The van der Waals surface area contributed by atoms with E-state index in [2.05, 4.69) is 41.5 Å². The number of unbranched alkanes of at least 4 members (excludes halogenated alkanes) is 1. The number of hydrogen-bond donors (Lipinski definition) is 2. The molecule has 0 bridgehead atoms. The topological polar surface area (TPSA) is 54.2 Å². The van der Waals surface area contributed by atoms with Gasteiger partial charge in [-0.1, -0.05) is 33.1 Å². The Hall–Kier alpha value is -1.52. The zero-order valence-corrected chi connectivity index (χ0v) is 14.0. The van der Waals surface area contributed by atoms with Crippen LogP contribution in [0.25, 0.3) is 0 Å². The highest BCUT2D eigenvalue weighted by Crippen LogP contribution is 2.11. The lowest BCUT2D eigenvalue weighted by Gasteiger charge is -2.17. The molecular weight excluding hydrogens is 262 g/mol. The molecule has 0 saturated heterocycles. The highest BCUT2D eigenvalue weighted by Gasteiger charge is 2.07. The van der Waals surface area contributed by atoms with E-state index >= 15 is 0 Å². The average molecular weight is 293 g/mol. The maximum absolute atomic E-state index is 4.62. The minimum atomic E-state index is 0.662. The summed E-state index contributed by atoms with van der Waals surface area (Å²) in [6.07, 6.45) is 8.96. The largest absolute Gasteiger partial charge is 0.357 e. The SMILES string of the molecule is CCCCC(CC)CNC(=NCc1cnn(C)c1)NCC. The van der Waals surface area contributed by atoms with Gasteiger partial charge in [0, 0.05) is 31.9 Å². The van der Waals surface area contributed by atoms with Crippen LogP contribution in [0.4, 0.5) is 0 Å². The van der Waals surface area contributed by atoms with Gasteiger partial charge >= 0.3 is 0 Å². The van der Waals surface area contributed by atoms with Gasteiger partial charge < -0.3 is 10.6 Å². The third-order valence-corrected chi connectivity index (χ3v) is 3.62. The number of nitrogens with one attached hydrogen (secondary N) is 2. The highest BCUT2D eigenvalue weighted by molar-refractivity contribution is 5.79. The maximum Gasteiger partial charge on any atom is 0.191 e. The summed E-state index contributed by atoms with van der Waals surface area (Å²) in [6.45, 7) is 9.14. The second kappa shape index (κ2) is 10.2. The van der Waals surface area contributed by atoms with E-state index in [1.54, 1.807) is 0 Å². The average Bonchev–Trinajstić information content (AvgIpc) is 2.90. The van der Waals surface area contributed by atoms with Gasteiger partial charge in [0.15, 0.2) is 5.96 Å². The summed E-state index contributed by atoms with van der Waals surface area (Å²) < 4.78 is 1.81. The Morgan fingerprint density at radius 2 is 2.14 bits per heavy atom. The van der Waals surface area contributed by atoms with Crippen LogP contribution >= 0.6 is 0 Å². The van der Waals surface area contributed by atoms with E-state index in [0.717, 1.165) is 30.5 Å². The lowest BCUT2D eigenvalue weighted by Crippen LogP contribution is -2.39. The van der Waals surface area contributed by atoms with Crippen molar-refractivity contribution in [3.8, 4) is 0 Å². The molecule has 2 N–H and O–H groups in total. The molecule has 1 atom stereocenters. The molecule has 120 valence electrons. The van der Waals surface area contributed by atoms with E-state index < -0.39 is 0 Å². The molecule has 1 aromatic heterocycles. The van der Waals surface area contributed by atoms with Crippen LogP contribution in [0.5, 0.6) is 0 Å². The standard InChI is InChI=1S/C16H31N5/c1-5-8-9-14(6-2)10-18-16(17-7-3)19-11-15-12-20-21(4)13-15/h12-14H,5-11H2,1-4H3,(H2,17,18,19). The summed E-state index contributed by atoms with van der Waals surface area (Å²) in [5, 5.41) is 10.9. The van der Waals surface area contributed by atoms with Gasteiger partial charge in [-0.2, -0.15) is 5.10 Å². The van der Waals surface area contributed by atoms with Crippen molar-refractivity contribution < 1.29 is 0 Å². The molecule has 0 aliphatic carbocycles. The predicted octanol–water partition coefficient (Wildman–Crippen LogP) is 2.69. The Balaban J connectivity index is 2.47. The fourth-order valence-corrected chi connectivity index (χ4v) is 2.25. The molecule has 1 heterocycles. The summed E-state index contributed by atoms with van der Waals surface area (Å²) in [5.41, 5.74) is 1.13. The van der Waals surface area contributed by atoms with E-state index in [-0.39, 0.29) is 0 Å². The molecule has 0 spiro atoms. The summed E-state index contributed by atoms with van der Waals surface area (Å²) in [5.74, 6) is 1.63. The fraction of sp³-hybridized carbons (Fsp3) is 0.750.